The second kappa shape index (κ2) is 11.6. The smallest absolute Gasteiger partial charge is 0.242 e. The summed E-state index contributed by atoms with van der Waals surface area (Å²) in [5.74, 6) is 1.65. The maximum absolute atomic E-state index is 13.0. The summed E-state index contributed by atoms with van der Waals surface area (Å²) in [6.07, 6.45) is 0. The average Bonchev–Trinajstić information content (AvgIpc) is 2.72. The summed E-state index contributed by atoms with van der Waals surface area (Å²) in [5.41, 5.74) is 3.36. The third-order valence-corrected chi connectivity index (χ3v) is 5.71. The van der Waals surface area contributed by atoms with Crippen LogP contribution in [0.4, 0.5) is 0 Å². The number of hydrogen-bond acceptors (Lipinski definition) is 4. The lowest BCUT2D eigenvalue weighted by Gasteiger charge is -2.29. The van der Waals surface area contributed by atoms with Crippen LogP contribution in [-0.2, 0) is 21.9 Å². The van der Waals surface area contributed by atoms with Gasteiger partial charge in [0.05, 0.1) is 12.9 Å². The molecule has 2 aromatic carbocycles. The fraction of sp³-hybridized carbons (Fsp3) is 0.417. The van der Waals surface area contributed by atoms with Gasteiger partial charge in [0.25, 0.3) is 0 Å². The first-order valence-electron chi connectivity index (χ1n) is 10.2. The molecule has 0 aromatic heterocycles. The fourth-order valence-corrected chi connectivity index (χ4v) is 3.81. The number of nitrogens with one attached hydrogen (secondary N) is 1. The van der Waals surface area contributed by atoms with Gasteiger partial charge in [-0.3, -0.25) is 9.59 Å². The molecule has 2 aromatic rings. The SMILES string of the molecule is COc1ccc(CN(C(=O)CSCc2ccc(C)cc2)[C@@H](C)C(=O)NC(C)C)cc1. The van der Waals surface area contributed by atoms with Crippen LogP contribution in [0.3, 0.4) is 0 Å². The van der Waals surface area contributed by atoms with E-state index < -0.39 is 6.04 Å². The molecule has 1 atom stereocenters. The van der Waals surface area contributed by atoms with Crippen LogP contribution in [0.2, 0.25) is 0 Å². The van der Waals surface area contributed by atoms with Crippen LogP contribution in [0.5, 0.6) is 5.75 Å². The van der Waals surface area contributed by atoms with E-state index in [0.717, 1.165) is 17.1 Å². The van der Waals surface area contributed by atoms with Crippen molar-refractivity contribution in [3.05, 3.63) is 65.2 Å². The van der Waals surface area contributed by atoms with Crippen LogP contribution < -0.4 is 10.1 Å². The van der Waals surface area contributed by atoms with Crippen LogP contribution in [0.25, 0.3) is 0 Å². The zero-order valence-electron chi connectivity index (χ0n) is 18.5. The van der Waals surface area contributed by atoms with E-state index >= 15 is 0 Å². The molecule has 30 heavy (non-hydrogen) atoms. The van der Waals surface area contributed by atoms with Crippen molar-refractivity contribution in [2.75, 3.05) is 12.9 Å². The van der Waals surface area contributed by atoms with Gasteiger partial charge in [-0.05, 0) is 51.0 Å². The van der Waals surface area contributed by atoms with E-state index in [9.17, 15) is 9.59 Å². The van der Waals surface area contributed by atoms with E-state index in [1.807, 2.05) is 38.1 Å². The van der Waals surface area contributed by atoms with E-state index in [0.29, 0.717) is 12.3 Å². The summed E-state index contributed by atoms with van der Waals surface area (Å²) in [5, 5.41) is 2.91. The lowest BCUT2D eigenvalue weighted by molar-refractivity contribution is -0.138. The number of thioether (sulfide) groups is 1. The van der Waals surface area contributed by atoms with Crippen LogP contribution in [0.15, 0.2) is 48.5 Å². The molecule has 0 aliphatic rings. The normalized spacial score (nSPS) is 11.8. The molecule has 0 fully saturated rings. The van der Waals surface area contributed by atoms with Gasteiger partial charge in [-0.15, -0.1) is 11.8 Å². The zero-order valence-corrected chi connectivity index (χ0v) is 19.3. The summed E-state index contributed by atoms with van der Waals surface area (Å²) < 4.78 is 5.21. The highest BCUT2D eigenvalue weighted by Gasteiger charge is 2.26. The van der Waals surface area contributed by atoms with Crippen LogP contribution in [0.1, 0.15) is 37.5 Å². The summed E-state index contributed by atoms with van der Waals surface area (Å²) in [4.78, 5) is 27.3. The Labute approximate surface area is 184 Å². The number of amides is 2. The number of aryl methyl sites for hydroxylation is 1. The molecule has 0 bridgehead atoms. The third-order valence-electron chi connectivity index (χ3n) is 4.73. The standard InChI is InChI=1S/C24H32N2O3S/c1-17(2)25-24(28)19(4)26(14-20-10-12-22(29-5)13-11-20)23(27)16-30-15-21-8-6-18(3)7-9-21/h6-13,17,19H,14-16H2,1-5H3,(H,25,28)/t19-/m0/s1. The molecule has 0 radical (unpaired) electrons. The van der Waals surface area contributed by atoms with E-state index in [4.69, 9.17) is 4.74 Å². The summed E-state index contributed by atoms with van der Waals surface area (Å²) in [6, 6.07) is 15.4. The van der Waals surface area contributed by atoms with E-state index in [2.05, 4.69) is 36.5 Å². The van der Waals surface area contributed by atoms with Crippen molar-refractivity contribution in [3.63, 3.8) is 0 Å². The lowest BCUT2D eigenvalue weighted by atomic mass is 10.1. The highest BCUT2D eigenvalue weighted by Crippen LogP contribution is 2.18. The minimum atomic E-state index is -0.554. The molecule has 6 heteroatoms. The number of carbonyl (C=O) groups excluding carboxylic acids is 2. The largest absolute Gasteiger partial charge is 0.497 e. The monoisotopic (exact) mass is 428 g/mol. The van der Waals surface area contributed by atoms with Crippen molar-refractivity contribution in [2.24, 2.45) is 0 Å². The summed E-state index contributed by atoms with van der Waals surface area (Å²) in [6.45, 7) is 8.04. The molecule has 0 aliphatic heterocycles. The van der Waals surface area contributed by atoms with Crippen molar-refractivity contribution in [1.82, 2.24) is 10.2 Å². The molecule has 0 saturated heterocycles. The lowest BCUT2D eigenvalue weighted by Crippen LogP contribution is -2.49. The van der Waals surface area contributed by atoms with Gasteiger partial charge in [0.15, 0.2) is 0 Å². The van der Waals surface area contributed by atoms with Crippen molar-refractivity contribution < 1.29 is 14.3 Å². The quantitative estimate of drug-likeness (QED) is 0.617. The van der Waals surface area contributed by atoms with Gasteiger partial charge in [0.2, 0.25) is 11.8 Å². The maximum atomic E-state index is 13.0. The minimum Gasteiger partial charge on any atom is -0.497 e. The molecule has 2 amide bonds. The minimum absolute atomic E-state index is 0.0220. The molecule has 2 rings (SSSR count). The molecule has 162 valence electrons. The number of methoxy groups -OCH3 is 1. The number of rotatable bonds is 10. The van der Waals surface area contributed by atoms with Gasteiger partial charge >= 0.3 is 0 Å². The van der Waals surface area contributed by atoms with Crippen molar-refractivity contribution >= 4 is 23.6 Å². The molecule has 0 aliphatic carbocycles. The Morgan fingerprint density at radius 3 is 2.17 bits per heavy atom. The first-order valence-corrected chi connectivity index (χ1v) is 11.3. The Balaban J connectivity index is 2.06. The Bertz CT molecular complexity index is 819. The van der Waals surface area contributed by atoms with Gasteiger partial charge in [-0.2, -0.15) is 0 Å². The van der Waals surface area contributed by atoms with Gasteiger partial charge in [-0.1, -0.05) is 42.0 Å². The second-order valence-electron chi connectivity index (χ2n) is 7.69. The highest BCUT2D eigenvalue weighted by atomic mass is 32.2. The molecule has 0 spiro atoms. The van der Waals surface area contributed by atoms with Crippen molar-refractivity contribution in [3.8, 4) is 5.75 Å². The van der Waals surface area contributed by atoms with Crippen molar-refractivity contribution in [1.29, 1.82) is 0 Å². The number of ether oxygens (including phenoxy) is 1. The summed E-state index contributed by atoms with van der Waals surface area (Å²) in [7, 11) is 1.62. The molecule has 5 nitrogen and oxygen atoms in total. The second-order valence-corrected chi connectivity index (χ2v) is 8.67. The van der Waals surface area contributed by atoms with E-state index in [1.54, 1.807) is 30.7 Å². The Morgan fingerprint density at radius 2 is 1.60 bits per heavy atom. The van der Waals surface area contributed by atoms with Crippen LogP contribution in [0, 0.1) is 6.92 Å². The molecule has 0 unspecified atom stereocenters. The molecule has 1 N–H and O–H groups in total. The first-order chi connectivity index (χ1) is 14.3. The number of nitrogens with zero attached hydrogens (tertiary/aromatic N) is 1. The first kappa shape index (κ1) is 23.8. The molecule has 0 heterocycles. The molecular weight excluding hydrogens is 396 g/mol. The number of benzene rings is 2. The number of hydrogen-bond donors (Lipinski definition) is 1. The molecule has 0 saturated carbocycles. The topological polar surface area (TPSA) is 58.6 Å². The van der Waals surface area contributed by atoms with Gasteiger partial charge in [0.1, 0.15) is 11.8 Å². The fourth-order valence-electron chi connectivity index (χ4n) is 2.94. The average molecular weight is 429 g/mol. The number of carbonyl (C=O) groups is 2. The predicted octanol–water partition coefficient (Wildman–Crippen LogP) is 4.18. The van der Waals surface area contributed by atoms with E-state index in [-0.39, 0.29) is 17.9 Å². The summed E-state index contributed by atoms with van der Waals surface area (Å²) >= 11 is 1.57. The van der Waals surface area contributed by atoms with Gasteiger partial charge < -0.3 is 15.0 Å². The zero-order chi connectivity index (χ0) is 22.1. The van der Waals surface area contributed by atoms with Crippen LogP contribution >= 0.6 is 11.8 Å². The van der Waals surface area contributed by atoms with Crippen molar-refractivity contribution in [2.45, 2.75) is 52.1 Å². The van der Waals surface area contributed by atoms with E-state index in [1.165, 1.54) is 11.1 Å². The maximum Gasteiger partial charge on any atom is 0.242 e. The van der Waals surface area contributed by atoms with Gasteiger partial charge in [-0.25, -0.2) is 0 Å². The highest BCUT2D eigenvalue weighted by molar-refractivity contribution is 7.99. The Kier molecular flexibility index (Phi) is 9.24. The van der Waals surface area contributed by atoms with Gasteiger partial charge in [0, 0.05) is 18.3 Å². The predicted molar refractivity (Wildman–Crippen MR) is 124 cm³/mol. The van der Waals surface area contributed by atoms with Crippen LogP contribution in [-0.4, -0.2) is 41.7 Å². The Morgan fingerprint density at radius 1 is 1.00 bits per heavy atom. The molecular formula is C24H32N2O3S. The third kappa shape index (κ3) is 7.41. The Hall–Kier alpha value is -2.47.